The lowest BCUT2D eigenvalue weighted by molar-refractivity contribution is 0.682. The van der Waals surface area contributed by atoms with Gasteiger partial charge in [0.15, 0.2) is 0 Å². The van der Waals surface area contributed by atoms with Crippen LogP contribution in [0.5, 0.6) is 0 Å². The van der Waals surface area contributed by atoms with Crippen molar-refractivity contribution in [3.8, 4) is 0 Å². The van der Waals surface area contributed by atoms with Gasteiger partial charge < -0.3 is 9.88 Å². The van der Waals surface area contributed by atoms with Crippen molar-refractivity contribution < 1.29 is 0 Å². The van der Waals surface area contributed by atoms with E-state index >= 15 is 0 Å². The van der Waals surface area contributed by atoms with Crippen LogP contribution in [0, 0.1) is 13.8 Å². The van der Waals surface area contributed by atoms with Crippen LogP contribution in [-0.2, 0) is 13.1 Å². The Balaban J connectivity index is 2.01. The molecule has 3 heteroatoms. The van der Waals surface area contributed by atoms with Gasteiger partial charge in [-0.15, -0.1) is 0 Å². The third-order valence-corrected chi connectivity index (χ3v) is 4.48. The average molecular weight is 321 g/mol. The van der Waals surface area contributed by atoms with E-state index in [4.69, 9.17) is 0 Å². The van der Waals surface area contributed by atoms with Crippen molar-refractivity contribution in [2.45, 2.75) is 40.3 Å². The van der Waals surface area contributed by atoms with Crippen LogP contribution in [-0.4, -0.2) is 4.57 Å². The number of nitrogens with one attached hydrogen (secondary N) is 1. The number of aryl methyl sites for hydroxylation is 3. The second-order valence-electron chi connectivity index (χ2n) is 5.04. The van der Waals surface area contributed by atoms with Gasteiger partial charge >= 0.3 is 0 Å². The molecule has 2 rings (SSSR count). The van der Waals surface area contributed by atoms with E-state index < -0.39 is 0 Å². The molecule has 0 amide bonds. The maximum absolute atomic E-state index is 3.60. The minimum atomic E-state index is 0.872. The number of benzene rings is 1. The van der Waals surface area contributed by atoms with Crippen molar-refractivity contribution >= 4 is 21.6 Å². The van der Waals surface area contributed by atoms with Gasteiger partial charge in [-0.1, -0.05) is 22.9 Å². The first kappa shape index (κ1) is 14.2. The van der Waals surface area contributed by atoms with Crippen LogP contribution in [0.15, 0.2) is 35.1 Å². The van der Waals surface area contributed by atoms with E-state index in [9.17, 15) is 0 Å². The number of halogens is 1. The van der Waals surface area contributed by atoms with Gasteiger partial charge in [0.05, 0.1) is 0 Å². The molecule has 1 heterocycles. The summed E-state index contributed by atoms with van der Waals surface area (Å²) in [5.41, 5.74) is 5.05. The molecule has 1 aromatic heterocycles. The molecule has 0 radical (unpaired) electrons. The molecule has 102 valence electrons. The third kappa shape index (κ3) is 3.63. The van der Waals surface area contributed by atoms with Gasteiger partial charge in [0.2, 0.25) is 0 Å². The van der Waals surface area contributed by atoms with Crippen LogP contribution < -0.4 is 5.32 Å². The van der Waals surface area contributed by atoms with Gasteiger partial charge in [-0.05, 0) is 55.2 Å². The maximum Gasteiger partial charge on any atom is 0.0415 e. The standard InChI is InChI=1S/C16H21BrN2/c1-4-6-19-7-5-14(11-19)10-18-15-8-12(2)16(17)13(3)9-15/h5,7-9,11,18H,4,6,10H2,1-3H3. The Bertz CT molecular complexity index is 535. The normalized spacial score (nSPS) is 10.7. The summed E-state index contributed by atoms with van der Waals surface area (Å²) in [6.07, 6.45) is 5.54. The predicted molar refractivity (Wildman–Crippen MR) is 85.7 cm³/mol. The summed E-state index contributed by atoms with van der Waals surface area (Å²) in [4.78, 5) is 0. The molecular weight excluding hydrogens is 300 g/mol. The van der Waals surface area contributed by atoms with E-state index in [1.54, 1.807) is 0 Å². The molecule has 1 N–H and O–H groups in total. The second-order valence-corrected chi connectivity index (χ2v) is 5.83. The fourth-order valence-electron chi connectivity index (χ4n) is 2.24. The highest BCUT2D eigenvalue weighted by molar-refractivity contribution is 9.10. The average Bonchev–Trinajstić information content (AvgIpc) is 2.81. The molecule has 2 aromatic rings. The highest BCUT2D eigenvalue weighted by Gasteiger charge is 2.02. The Morgan fingerprint density at radius 3 is 2.53 bits per heavy atom. The molecule has 0 saturated heterocycles. The molecular formula is C16H21BrN2. The Hall–Kier alpha value is -1.22. The molecule has 0 spiro atoms. The second kappa shape index (κ2) is 6.29. The van der Waals surface area contributed by atoms with Gasteiger partial charge in [-0.2, -0.15) is 0 Å². The molecule has 19 heavy (non-hydrogen) atoms. The van der Waals surface area contributed by atoms with E-state index in [0.29, 0.717) is 0 Å². The molecule has 1 aromatic carbocycles. The summed E-state index contributed by atoms with van der Waals surface area (Å²) in [7, 11) is 0. The van der Waals surface area contributed by atoms with Crippen molar-refractivity contribution in [3.63, 3.8) is 0 Å². The van der Waals surface area contributed by atoms with Gasteiger partial charge in [0, 0.05) is 35.6 Å². The summed E-state index contributed by atoms with van der Waals surface area (Å²) in [5.74, 6) is 0. The minimum absolute atomic E-state index is 0.872. The smallest absolute Gasteiger partial charge is 0.0415 e. The van der Waals surface area contributed by atoms with E-state index in [-0.39, 0.29) is 0 Å². The first-order valence-corrected chi connectivity index (χ1v) is 7.54. The fraction of sp³-hybridized carbons (Fsp3) is 0.375. The van der Waals surface area contributed by atoms with Gasteiger partial charge in [0.1, 0.15) is 0 Å². The molecule has 0 atom stereocenters. The van der Waals surface area contributed by atoms with Gasteiger partial charge in [-0.25, -0.2) is 0 Å². The van der Waals surface area contributed by atoms with E-state index in [2.05, 4.69) is 77.2 Å². The zero-order valence-electron chi connectivity index (χ0n) is 11.8. The Labute approximate surface area is 124 Å². The highest BCUT2D eigenvalue weighted by Crippen LogP contribution is 2.25. The monoisotopic (exact) mass is 320 g/mol. The molecule has 0 fully saturated rings. The Kier molecular flexibility index (Phi) is 4.70. The van der Waals surface area contributed by atoms with E-state index in [0.717, 1.165) is 13.1 Å². The maximum atomic E-state index is 3.60. The summed E-state index contributed by atoms with van der Waals surface area (Å²) in [6, 6.07) is 6.54. The van der Waals surface area contributed by atoms with Crippen molar-refractivity contribution in [2.24, 2.45) is 0 Å². The van der Waals surface area contributed by atoms with Gasteiger partial charge in [-0.3, -0.25) is 0 Å². The number of nitrogens with zero attached hydrogens (tertiary/aromatic N) is 1. The first-order valence-electron chi connectivity index (χ1n) is 6.75. The van der Waals surface area contributed by atoms with Crippen LogP contribution >= 0.6 is 15.9 Å². The third-order valence-electron chi connectivity index (χ3n) is 3.23. The SMILES string of the molecule is CCCn1ccc(CNc2cc(C)c(Br)c(C)c2)c1. The molecule has 0 saturated carbocycles. The number of hydrogen-bond acceptors (Lipinski definition) is 1. The minimum Gasteiger partial charge on any atom is -0.381 e. The summed E-state index contributed by atoms with van der Waals surface area (Å²) >= 11 is 3.60. The van der Waals surface area contributed by atoms with Crippen LogP contribution in [0.2, 0.25) is 0 Å². The topological polar surface area (TPSA) is 17.0 Å². The number of rotatable bonds is 5. The largest absolute Gasteiger partial charge is 0.381 e. The Morgan fingerprint density at radius 2 is 1.89 bits per heavy atom. The van der Waals surface area contributed by atoms with Crippen LogP contribution in [0.3, 0.4) is 0 Å². The van der Waals surface area contributed by atoms with Crippen molar-refractivity contribution in [3.05, 3.63) is 51.8 Å². The van der Waals surface area contributed by atoms with Crippen molar-refractivity contribution in [2.75, 3.05) is 5.32 Å². The number of anilines is 1. The summed E-state index contributed by atoms with van der Waals surface area (Å²) < 4.78 is 3.45. The van der Waals surface area contributed by atoms with Crippen molar-refractivity contribution in [1.29, 1.82) is 0 Å². The molecule has 0 aliphatic carbocycles. The fourth-order valence-corrected chi connectivity index (χ4v) is 2.47. The molecule has 0 aliphatic heterocycles. The van der Waals surface area contributed by atoms with Crippen molar-refractivity contribution in [1.82, 2.24) is 4.57 Å². The first-order chi connectivity index (χ1) is 9.10. The lowest BCUT2D eigenvalue weighted by atomic mass is 10.1. The van der Waals surface area contributed by atoms with E-state index in [1.165, 1.54) is 33.3 Å². The van der Waals surface area contributed by atoms with E-state index in [1.807, 2.05) is 0 Å². The number of aromatic nitrogens is 1. The molecule has 0 unspecified atom stereocenters. The zero-order valence-corrected chi connectivity index (χ0v) is 13.4. The number of hydrogen-bond donors (Lipinski definition) is 1. The summed E-state index contributed by atoms with van der Waals surface area (Å²) in [5, 5.41) is 3.49. The molecule has 0 bridgehead atoms. The molecule has 0 aliphatic rings. The summed E-state index contributed by atoms with van der Waals surface area (Å²) in [6.45, 7) is 8.42. The lowest BCUT2D eigenvalue weighted by Gasteiger charge is -2.10. The quantitative estimate of drug-likeness (QED) is 0.830. The van der Waals surface area contributed by atoms with Gasteiger partial charge in [0.25, 0.3) is 0 Å². The van der Waals surface area contributed by atoms with Crippen LogP contribution in [0.4, 0.5) is 5.69 Å². The highest BCUT2D eigenvalue weighted by atomic mass is 79.9. The lowest BCUT2D eigenvalue weighted by Crippen LogP contribution is -2.00. The Morgan fingerprint density at radius 1 is 1.21 bits per heavy atom. The zero-order chi connectivity index (χ0) is 13.8. The predicted octanol–water partition coefficient (Wildman–Crippen LogP) is 4.89. The molecule has 2 nitrogen and oxygen atoms in total. The van der Waals surface area contributed by atoms with Crippen LogP contribution in [0.1, 0.15) is 30.0 Å². The van der Waals surface area contributed by atoms with Crippen LogP contribution in [0.25, 0.3) is 0 Å².